The van der Waals surface area contributed by atoms with Crippen LogP contribution in [0.15, 0.2) is 42.5 Å². The summed E-state index contributed by atoms with van der Waals surface area (Å²) in [5.41, 5.74) is 16.9. The van der Waals surface area contributed by atoms with Crippen molar-refractivity contribution in [2.24, 2.45) is 0 Å². The molecule has 1 heterocycles. The summed E-state index contributed by atoms with van der Waals surface area (Å²) in [5.74, 6) is 0. The molecule has 0 radical (unpaired) electrons. The van der Waals surface area contributed by atoms with Crippen LogP contribution >= 0.6 is 0 Å². The average Bonchev–Trinajstić information content (AvgIpc) is 2.99. The van der Waals surface area contributed by atoms with Gasteiger partial charge in [0.1, 0.15) is 0 Å². The first-order valence-electron chi connectivity index (χ1n) is 7.21. The van der Waals surface area contributed by atoms with E-state index in [1.165, 1.54) is 37.2 Å². The maximum Gasteiger partial charge on any atom is 0.0583 e. The fourth-order valence-electron chi connectivity index (χ4n) is 2.81. The Morgan fingerprint density at radius 2 is 1.60 bits per heavy atom. The zero-order valence-electron chi connectivity index (χ0n) is 11.7. The number of hydrogen-bond acceptors (Lipinski definition) is 3. The molecule has 0 saturated carbocycles. The standard InChI is InChI=1S/C17H21N3/c18-16-5-3-4-14(17(16)19)12-13-6-8-15(9-7-13)20-10-1-2-11-20/h3-9H,1-2,10-12,18-19H2. The normalized spacial score (nSPS) is 14.7. The summed E-state index contributed by atoms with van der Waals surface area (Å²) in [4.78, 5) is 2.44. The van der Waals surface area contributed by atoms with Crippen LogP contribution in [-0.2, 0) is 6.42 Å². The first-order chi connectivity index (χ1) is 9.74. The Morgan fingerprint density at radius 3 is 2.30 bits per heavy atom. The quantitative estimate of drug-likeness (QED) is 0.840. The molecular formula is C17H21N3. The van der Waals surface area contributed by atoms with Gasteiger partial charge >= 0.3 is 0 Å². The molecule has 3 rings (SSSR count). The molecule has 0 aliphatic carbocycles. The lowest BCUT2D eigenvalue weighted by atomic mass is 10.0. The third kappa shape index (κ3) is 2.57. The lowest BCUT2D eigenvalue weighted by molar-refractivity contribution is 0.949. The highest BCUT2D eigenvalue weighted by Crippen LogP contribution is 2.24. The zero-order valence-corrected chi connectivity index (χ0v) is 11.7. The van der Waals surface area contributed by atoms with Crippen molar-refractivity contribution in [2.45, 2.75) is 19.3 Å². The van der Waals surface area contributed by atoms with Crippen molar-refractivity contribution < 1.29 is 0 Å². The first kappa shape index (κ1) is 12.9. The number of nitrogens with two attached hydrogens (primary N) is 2. The second kappa shape index (κ2) is 5.45. The van der Waals surface area contributed by atoms with Crippen molar-refractivity contribution in [2.75, 3.05) is 29.5 Å². The van der Waals surface area contributed by atoms with E-state index in [9.17, 15) is 0 Å². The topological polar surface area (TPSA) is 55.3 Å². The van der Waals surface area contributed by atoms with E-state index in [1.807, 2.05) is 18.2 Å². The summed E-state index contributed by atoms with van der Waals surface area (Å²) in [7, 11) is 0. The van der Waals surface area contributed by atoms with Crippen LogP contribution in [0.3, 0.4) is 0 Å². The van der Waals surface area contributed by atoms with Crippen LogP contribution in [0.4, 0.5) is 17.1 Å². The van der Waals surface area contributed by atoms with E-state index >= 15 is 0 Å². The Hall–Kier alpha value is -2.16. The summed E-state index contributed by atoms with van der Waals surface area (Å²) in [5, 5.41) is 0. The van der Waals surface area contributed by atoms with Gasteiger partial charge in [0.15, 0.2) is 0 Å². The van der Waals surface area contributed by atoms with Gasteiger partial charge in [0.05, 0.1) is 11.4 Å². The summed E-state index contributed by atoms with van der Waals surface area (Å²) in [6.45, 7) is 2.36. The maximum absolute atomic E-state index is 6.03. The Bertz CT molecular complexity index is 584. The van der Waals surface area contributed by atoms with Crippen LogP contribution in [0, 0.1) is 0 Å². The molecule has 0 bridgehead atoms. The van der Waals surface area contributed by atoms with Crippen molar-refractivity contribution in [3.05, 3.63) is 53.6 Å². The van der Waals surface area contributed by atoms with Crippen molar-refractivity contribution in [3.8, 4) is 0 Å². The smallest absolute Gasteiger partial charge is 0.0583 e. The van der Waals surface area contributed by atoms with E-state index in [0.29, 0.717) is 11.4 Å². The first-order valence-corrected chi connectivity index (χ1v) is 7.21. The third-order valence-electron chi connectivity index (χ3n) is 4.03. The molecule has 1 aliphatic rings. The van der Waals surface area contributed by atoms with Gasteiger partial charge in [-0.2, -0.15) is 0 Å². The predicted molar refractivity (Wildman–Crippen MR) is 86.0 cm³/mol. The summed E-state index contributed by atoms with van der Waals surface area (Å²) >= 11 is 0. The Balaban J connectivity index is 1.76. The molecule has 3 heteroatoms. The molecule has 1 saturated heterocycles. The van der Waals surface area contributed by atoms with Crippen LogP contribution in [0.5, 0.6) is 0 Å². The van der Waals surface area contributed by atoms with Crippen LogP contribution in [0.25, 0.3) is 0 Å². The fourth-order valence-corrected chi connectivity index (χ4v) is 2.81. The molecule has 20 heavy (non-hydrogen) atoms. The minimum Gasteiger partial charge on any atom is -0.397 e. The molecule has 0 amide bonds. The lowest BCUT2D eigenvalue weighted by Crippen LogP contribution is -2.17. The molecule has 0 spiro atoms. The van der Waals surface area contributed by atoms with Gasteiger partial charge in [0.25, 0.3) is 0 Å². The van der Waals surface area contributed by atoms with E-state index in [2.05, 4.69) is 29.2 Å². The molecule has 4 N–H and O–H groups in total. The second-order valence-electron chi connectivity index (χ2n) is 5.46. The van der Waals surface area contributed by atoms with Crippen molar-refractivity contribution in [1.82, 2.24) is 0 Å². The van der Waals surface area contributed by atoms with Gasteiger partial charge in [-0.15, -0.1) is 0 Å². The molecule has 2 aromatic rings. The Kier molecular flexibility index (Phi) is 3.50. The van der Waals surface area contributed by atoms with E-state index in [4.69, 9.17) is 11.5 Å². The summed E-state index contributed by atoms with van der Waals surface area (Å²) in [6.07, 6.45) is 3.44. The van der Waals surface area contributed by atoms with Gasteiger partial charge in [-0.05, 0) is 48.6 Å². The number of nitrogen functional groups attached to an aromatic ring is 2. The van der Waals surface area contributed by atoms with Crippen molar-refractivity contribution in [3.63, 3.8) is 0 Å². The van der Waals surface area contributed by atoms with Crippen LogP contribution in [0.2, 0.25) is 0 Å². The van der Waals surface area contributed by atoms with Crippen LogP contribution < -0.4 is 16.4 Å². The van der Waals surface area contributed by atoms with E-state index in [-0.39, 0.29) is 0 Å². The third-order valence-corrected chi connectivity index (χ3v) is 4.03. The van der Waals surface area contributed by atoms with Crippen molar-refractivity contribution in [1.29, 1.82) is 0 Å². The van der Waals surface area contributed by atoms with Crippen LogP contribution in [0.1, 0.15) is 24.0 Å². The largest absolute Gasteiger partial charge is 0.397 e. The fraction of sp³-hybridized carbons (Fsp3) is 0.294. The number of nitrogens with zero attached hydrogens (tertiary/aromatic N) is 1. The minimum atomic E-state index is 0.663. The minimum absolute atomic E-state index is 0.663. The van der Waals surface area contributed by atoms with Gasteiger partial charge in [-0.3, -0.25) is 0 Å². The molecule has 0 atom stereocenters. The van der Waals surface area contributed by atoms with Crippen LogP contribution in [-0.4, -0.2) is 13.1 Å². The van der Waals surface area contributed by atoms with Gasteiger partial charge in [0.2, 0.25) is 0 Å². The highest BCUT2D eigenvalue weighted by molar-refractivity contribution is 5.67. The molecule has 1 fully saturated rings. The molecule has 2 aromatic carbocycles. The zero-order chi connectivity index (χ0) is 13.9. The lowest BCUT2D eigenvalue weighted by Gasteiger charge is -2.18. The highest BCUT2D eigenvalue weighted by atomic mass is 15.1. The number of benzene rings is 2. The van der Waals surface area contributed by atoms with Gasteiger partial charge < -0.3 is 16.4 Å². The highest BCUT2D eigenvalue weighted by Gasteiger charge is 2.12. The summed E-state index contributed by atoms with van der Waals surface area (Å²) in [6, 6.07) is 14.6. The second-order valence-corrected chi connectivity index (χ2v) is 5.46. The molecule has 0 aromatic heterocycles. The monoisotopic (exact) mass is 267 g/mol. The number of para-hydroxylation sites is 1. The molecule has 0 unspecified atom stereocenters. The number of rotatable bonds is 3. The molecule has 1 aliphatic heterocycles. The summed E-state index contributed by atoms with van der Waals surface area (Å²) < 4.78 is 0. The molecule has 3 nitrogen and oxygen atoms in total. The molecular weight excluding hydrogens is 246 g/mol. The molecule has 104 valence electrons. The van der Waals surface area contributed by atoms with Gasteiger partial charge in [-0.1, -0.05) is 24.3 Å². The average molecular weight is 267 g/mol. The van der Waals surface area contributed by atoms with E-state index in [0.717, 1.165) is 12.0 Å². The number of hydrogen-bond donors (Lipinski definition) is 2. The predicted octanol–water partition coefficient (Wildman–Crippen LogP) is 3.04. The van der Waals surface area contributed by atoms with Gasteiger partial charge in [-0.25, -0.2) is 0 Å². The maximum atomic E-state index is 6.03. The Morgan fingerprint density at radius 1 is 0.900 bits per heavy atom. The SMILES string of the molecule is Nc1cccc(Cc2ccc(N3CCCC3)cc2)c1N. The number of anilines is 3. The van der Waals surface area contributed by atoms with E-state index < -0.39 is 0 Å². The van der Waals surface area contributed by atoms with E-state index in [1.54, 1.807) is 0 Å². The Labute approximate surface area is 120 Å². The van der Waals surface area contributed by atoms with Gasteiger partial charge in [0, 0.05) is 18.8 Å². The van der Waals surface area contributed by atoms with Crippen molar-refractivity contribution >= 4 is 17.1 Å².